The first-order chi connectivity index (χ1) is 12.4. The maximum atomic E-state index is 12.5. The van der Waals surface area contributed by atoms with E-state index in [9.17, 15) is 9.59 Å². The summed E-state index contributed by atoms with van der Waals surface area (Å²) in [7, 11) is 0. The smallest absolute Gasteiger partial charge is 0.407 e. The summed E-state index contributed by atoms with van der Waals surface area (Å²) < 4.78 is 16.2. The van der Waals surface area contributed by atoms with Gasteiger partial charge >= 0.3 is 12.1 Å². The molecule has 1 amide bonds. The van der Waals surface area contributed by atoms with Gasteiger partial charge in [0.25, 0.3) is 0 Å². The number of rotatable bonds is 7. The molecule has 0 spiro atoms. The van der Waals surface area contributed by atoms with Gasteiger partial charge in [-0.1, -0.05) is 41.5 Å². The van der Waals surface area contributed by atoms with Crippen molar-refractivity contribution in [3.05, 3.63) is 0 Å². The molecule has 0 aliphatic carbocycles. The highest BCUT2D eigenvalue weighted by molar-refractivity contribution is 5.73. The first kappa shape index (κ1) is 23.7. The van der Waals surface area contributed by atoms with Crippen LogP contribution >= 0.6 is 0 Å². The highest BCUT2D eigenvalue weighted by atomic mass is 16.6. The van der Waals surface area contributed by atoms with Gasteiger partial charge in [0.05, 0.1) is 25.2 Å². The SMILES string of the molecule is CC1CC(COC(=O)NCCOC(=O)C(CC(C)(C)C)C(C)(C)C)CCO1. The van der Waals surface area contributed by atoms with Crippen molar-refractivity contribution in [3.8, 4) is 0 Å². The lowest BCUT2D eigenvalue weighted by atomic mass is 9.72. The predicted molar refractivity (Wildman–Crippen MR) is 105 cm³/mol. The molecule has 3 unspecified atom stereocenters. The van der Waals surface area contributed by atoms with Gasteiger partial charge in [0, 0.05) is 6.61 Å². The van der Waals surface area contributed by atoms with Crippen LogP contribution in [-0.4, -0.2) is 44.5 Å². The normalized spacial score (nSPS) is 22.0. The fourth-order valence-electron chi connectivity index (χ4n) is 3.25. The van der Waals surface area contributed by atoms with Gasteiger partial charge < -0.3 is 19.5 Å². The molecule has 1 fully saturated rings. The second-order valence-corrected chi connectivity index (χ2v) is 9.95. The number of amides is 1. The lowest BCUT2D eigenvalue weighted by Gasteiger charge is -2.33. The van der Waals surface area contributed by atoms with Crippen molar-refractivity contribution in [2.45, 2.75) is 73.8 Å². The maximum absolute atomic E-state index is 12.5. The third-order valence-corrected chi connectivity index (χ3v) is 4.81. The zero-order chi connectivity index (χ0) is 20.7. The molecule has 1 aliphatic rings. The van der Waals surface area contributed by atoms with Gasteiger partial charge in [-0.05, 0) is 42.9 Å². The van der Waals surface area contributed by atoms with E-state index in [1.165, 1.54) is 0 Å². The predicted octanol–water partition coefficient (Wildman–Crippen LogP) is 4.17. The number of nitrogens with one attached hydrogen (secondary N) is 1. The molecule has 1 N–H and O–H groups in total. The Bertz CT molecular complexity index is 478. The molecule has 1 heterocycles. The van der Waals surface area contributed by atoms with E-state index >= 15 is 0 Å². The quantitative estimate of drug-likeness (QED) is 0.526. The van der Waals surface area contributed by atoms with E-state index in [0.717, 1.165) is 25.9 Å². The summed E-state index contributed by atoms with van der Waals surface area (Å²) in [6.07, 6.45) is 2.34. The summed E-state index contributed by atoms with van der Waals surface area (Å²) in [6.45, 7) is 16.1. The van der Waals surface area contributed by atoms with E-state index < -0.39 is 6.09 Å². The van der Waals surface area contributed by atoms with Gasteiger partial charge in [-0.15, -0.1) is 0 Å². The summed E-state index contributed by atoms with van der Waals surface area (Å²) in [5.41, 5.74) is -0.127. The van der Waals surface area contributed by atoms with Crippen LogP contribution < -0.4 is 5.32 Å². The fraction of sp³-hybridized carbons (Fsp3) is 0.905. The molecular weight excluding hydrogens is 346 g/mol. The molecule has 0 aromatic carbocycles. The van der Waals surface area contributed by atoms with Gasteiger partial charge in [0.2, 0.25) is 0 Å². The number of alkyl carbamates (subject to hydrolysis) is 1. The van der Waals surface area contributed by atoms with Gasteiger partial charge in [-0.25, -0.2) is 4.79 Å². The molecule has 3 atom stereocenters. The molecule has 0 aromatic heterocycles. The summed E-state index contributed by atoms with van der Waals surface area (Å²) in [5, 5.41) is 2.65. The largest absolute Gasteiger partial charge is 0.464 e. The Morgan fingerprint density at radius 2 is 1.81 bits per heavy atom. The Balaban J connectivity index is 2.28. The Hall–Kier alpha value is -1.30. The topological polar surface area (TPSA) is 73.9 Å². The van der Waals surface area contributed by atoms with E-state index in [1.807, 2.05) is 6.92 Å². The molecule has 1 aliphatic heterocycles. The van der Waals surface area contributed by atoms with E-state index in [2.05, 4.69) is 46.9 Å². The lowest BCUT2D eigenvalue weighted by molar-refractivity contribution is -0.153. The van der Waals surface area contributed by atoms with Gasteiger partial charge in [-0.2, -0.15) is 0 Å². The minimum atomic E-state index is -0.466. The van der Waals surface area contributed by atoms with Crippen molar-refractivity contribution in [3.63, 3.8) is 0 Å². The fourth-order valence-corrected chi connectivity index (χ4v) is 3.25. The van der Waals surface area contributed by atoms with Crippen molar-refractivity contribution >= 4 is 12.1 Å². The van der Waals surface area contributed by atoms with E-state index in [0.29, 0.717) is 12.5 Å². The number of esters is 1. The first-order valence-corrected chi connectivity index (χ1v) is 10.1. The molecule has 6 nitrogen and oxygen atoms in total. The zero-order valence-electron chi connectivity index (χ0n) is 18.2. The van der Waals surface area contributed by atoms with E-state index in [4.69, 9.17) is 14.2 Å². The summed E-state index contributed by atoms with van der Waals surface area (Å²) in [4.78, 5) is 24.3. The molecule has 0 saturated carbocycles. The molecule has 158 valence electrons. The molecule has 1 rings (SSSR count). The van der Waals surface area contributed by atoms with Crippen LogP contribution in [0.2, 0.25) is 0 Å². The van der Waals surface area contributed by atoms with Gasteiger partial charge in [-0.3, -0.25) is 4.79 Å². The molecule has 6 heteroatoms. The molecule has 27 heavy (non-hydrogen) atoms. The standard InChI is InChI=1S/C21H39NO5/c1-15-12-16(8-10-25-15)14-27-19(24)22-9-11-26-18(23)17(21(5,6)7)13-20(2,3)4/h15-17H,8-14H2,1-7H3,(H,22,24). The van der Waals surface area contributed by atoms with Crippen molar-refractivity contribution in [1.82, 2.24) is 5.32 Å². The van der Waals surface area contributed by atoms with Crippen LogP contribution in [0, 0.1) is 22.7 Å². The minimum Gasteiger partial charge on any atom is -0.464 e. The van der Waals surface area contributed by atoms with E-state index in [-0.39, 0.29) is 42.0 Å². The Labute approximate surface area is 164 Å². The maximum Gasteiger partial charge on any atom is 0.407 e. The average molecular weight is 386 g/mol. The average Bonchev–Trinajstić information content (AvgIpc) is 2.53. The highest BCUT2D eigenvalue weighted by Crippen LogP contribution is 2.36. The van der Waals surface area contributed by atoms with Crippen LogP contribution in [0.5, 0.6) is 0 Å². The van der Waals surface area contributed by atoms with Crippen LogP contribution in [0.15, 0.2) is 0 Å². The lowest BCUT2D eigenvalue weighted by Crippen LogP contribution is -2.36. The van der Waals surface area contributed by atoms with Gasteiger partial charge in [0.1, 0.15) is 6.61 Å². The zero-order valence-corrected chi connectivity index (χ0v) is 18.2. The molecule has 0 bridgehead atoms. The Kier molecular flexibility index (Phi) is 9.06. The number of carbonyl (C=O) groups is 2. The van der Waals surface area contributed by atoms with Crippen molar-refractivity contribution in [2.24, 2.45) is 22.7 Å². The molecule has 0 radical (unpaired) electrons. The number of hydrogen-bond acceptors (Lipinski definition) is 5. The summed E-state index contributed by atoms with van der Waals surface area (Å²) in [6, 6.07) is 0. The highest BCUT2D eigenvalue weighted by Gasteiger charge is 2.35. The van der Waals surface area contributed by atoms with Crippen LogP contribution in [0.1, 0.15) is 67.7 Å². The first-order valence-electron chi connectivity index (χ1n) is 10.1. The van der Waals surface area contributed by atoms with Crippen molar-refractivity contribution in [1.29, 1.82) is 0 Å². The molecule has 0 aromatic rings. The van der Waals surface area contributed by atoms with Crippen LogP contribution in [0.3, 0.4) is 0 Å². The van der Waals surface area contributed by atoms with Crippen molar-refractivity contribution in [2.75, 3.05) is 26.4 Å². The Morgan fingerprint density at radius 1 is 1.15 bits per heavy atom. The second-order valence-electron chi connectivity index (χ2n) is 9.95. The van der Waals surface area contributed by atoms with Crippen molar-refractivity contribution < 1.29 is 23.8 Å². The monoisotopic (exact) mass is 385 g/mol. The Morgan fingerprint density at radius 3 is 2.37 bits per heavy atom. The van der Waals surface area contributed by atoms with Crippen LogP contribution in [0.25, 0.3) is 0 Å². The third kappa shape index (κ3) is 9.99. The summed E-state index contributed by atoms with van der Waals surface area (Å²) >= 11 is 0. The summed E-state index contributed by atoms with van der Waals surface area (Å²) in [5.74, 6) is -0.0361. The minimum absolute atomic E-state index is 0.0423. The number of hydrogen-bond donors (Lipinski definition) is 1. The second kappa shape index (κ2) is 10.3. The number of carbonyl (C=O) groups excluding carboxylic acids is 2. The number of ether oxygens (including phenoxy) is 3. The van der Waals surface area contributed by atoms with Crippen LogP contribution in [0.4, 0.5) is 4.79 Å². The van der Waals surface area contributed by atoms with Gasteiger partial charge in [0.15, 0.2) is 0 Å². The van der Waals surface area contributed by atoms with Crippen LogP contribution in [-0.2, 0) is 19.0 Å². The molecule has 1 saturated heterocycles. The molecular formula is C21H39NO5. The third-order valence-electron chi connectivity index (χ3n) is 4.81. The van der Waals surface area contributed by atoms with E-state index in [1.54, 1.807) is 0 Å².